The molecule has 0 fully saturated rings. The van der Waals surface area contributed by atoms with Gasteiger partial charge in [-0.1, -0.05) is 0 Å². The Hall–Kier alpha value is -2.82. The fourth-order valence-corrected chi connectivity index (χ4v) is 5.76. The Morgan fingerprint density at radius 3 is 2.52 bits per heavy atom. The second-order valence-corrected chi connectivity index (χ2v) is 11.6. The van der Waals surface area contributed by atoms with E-state index < -0.39 is 35.7 Å². The van der Waals surface area contributed by atoms with Gasteiger partial charge in [0.05, 0.1) is 26.2 Å². The molecule has 3 heterocycles. The fourth-order valence-electron chi connectivity index (χ4n) is 5.76. The van der Waals surface area contributed by atoms with Gasteiger partial charge in [0, 0.05) is 19.0 Å². The molecule has 40 heavy (non-hydrogen) atoms. The van der Waals surface area contributed by atoms with E-state index in [2.05, 4.69) is 4.90 Å². The molecule has 4 atom stereocenters. The molecule has 0 saturated heterocycles. The predicted octanol–water partition coefficient (Wildman–Crippen LogP) is 3.22. The highest BCUT2D eigenvalue weighted by Gasteiger charge is 2.45. The number of nitrogens with zero attached hydrogens (tertiary/aromatic N) is 1. The number of esters is 2. The molecule has 0 spiro atoms. The summed E-state index contributed by atoms with van der Waals surface area (Å²) < 4.78 is 28.1. The third-order valence-corrected chi connectivity index (χ3v) is 8.00. The van der Waals surface area contributed by atoms with Crippen molar-refractivity contribution in [3.63, 3.8) is 0 Å². The molecule has 2 N–H and O–H groups in total. The lowest BCUT2D eigenvalue weighted by atomic mass is 9.86. The maximum Gasteiger partial charge on any atom is 0.339 e. The zero-order valence-electron chi connectivity index (χ0n) is 24.1. The summed E-state index contributed by atoms with van der Waals surface area (Å²) in [7, 11) is 2.76. The van der Waals surface area contributed by atoms with E-state index in [1.54, 1.807) is 21.0 Å². The average Bonchev–Trinajstić information content (AvgIpc) is 3.29. The van der Waals surface area contributed by atoms with Crippen LogP contribution in [0.1, 0.15) is 75.8 Å². The van der Waals surface area contributed by atoms with Gasteiger partial charge in [-0.05, 0) is 94.7 Å². The molecule has 4 rings (SSSR count). The molecule has 10 heteroatoms. The van der Waals surface area contributed by atoms with Crippen LogP contribution in [0.2, 0.25) is 0 Å². The van der Waals surface area contributed by atoms with Crippen molar-refractivity contribution in [1.82, 2.24) is 4.90 Å². The Kier molecular flexibility index (Phi) is 9.64. The summed E-state index contributed by atoms with van der Waals surface area (Å²) in [5, 5.41) is 21.7. The van der Waals surface area contributed by atoms with Crippen molar-refractivity contribution in [2.24, 2.45) is 0 Å². The van der Waals surface area contributed by atoms with Crippen molar-refractivity contribution < 1.29 is 43.5 Å². The number of aliphatic hydroxyl groups is 2. The first-order chi connectivity index (χ1) is 19.0. The molecular formula is C30H43NO9. The summed E-state index contributed by atoms with van der Waals surface area (Å²) >= 11 is 0. The van der Waals surface area contributed by atoms with E-state index in [4.69, 9.17) is 23.7 Å². The highest BCUT2D eigenvalue weighted by atomic mass is 16.7. The largest absolute Gasteiger partial charge is 0.497 e. The lowest BCUT2D eigenvalue weighted by molar-refractivity contribution is -0.178. The van der Waals surface area contributed by atoms with Gasteiger partial charge in [-0.3, -0.25) is 4.79 Å². The number of hydrogen-bond acceptors (Lipinski definition) is 10. The number of ether oxygens (including phenoxy) is 5. The number of hydrogen-bond donors (Lipinski definition) is 2. The predicted molar refractivity (Wildman–Crippen MR) is 146 cm³/mol. The maximum atomic E-state index is 13.8. The molecule has 1 aromatic rings. The van der Waals surface area contributed by atoms with E-state index in [1.165, 1.54) is 7.11 Å². The van der Waals surface area contributed by atoms with Crippen LogP contribution < -0.4 is 9.47 Å². The minimum atomic E-state index is -2.13. The van der Waals surface area contributed by atoms with E-state index in [0.29, 0.717) is 36.6 Å². The zero-order chi connectivity index (χ0) is 28.9. The summed E-state index contributed by atoms with van der Waals surface area (Å²) in [6.07, 6.45) is 4.65. The van der Waals surface area contributed by atoms with Gasteiger partial charge < -0.3 is 38.8 Å². The normalized spacial score (nSPS) is 24.1. The molecule has 0 radical (unpaired) electrons. The number of carbonyl (C=O) groups excluding carboxylic acids is 2. The number of allylic oxidation sites excluding steroid dienone is 1. The Morgan fingerprint density at radius 2 is 1.82 bits per heavy atom. The van der Waals surface area contributed by atoms with Crippen LogP contribution in [0.5, 0.6) is 11.5 Å². The monoisotopic (exact) mass is 561 g/mol. The SMILES string of the molecule is COC(=O)CC(O)(CCCC(C)(C)O)C(=O)OC1C(OC)=CCCCCN2CCc3cc4c(cc3C1C2)OCO4. The molecular weight excluding hydrogens is 518 g/mol. The van der Waals surface area contributed by atoms with Crippen molar-refractivity contribution in [2.45, 2.75) is 88.4 Å². The third kappa shape index (κ3) is 7.27. The highest BCUT2D eigenvalue weighted by molar-refractivity contribution is 5.86. The lowest BCUT2D eigenvalue weighted by Gasteiger charge is -2.35. The Bertz CT molecular complexity index is 1100. The Balaban J connectivity index is 1.71. The number of rotatable bonds is 9. The molecule has 3 aliphatic heterocycles. The van der Waals surface area contributed by atoms with Gasteiger partial charge in [-0.15, -0.1) is 0 Å². The number of benzene rings is 1. The van der Waals surface area contributed by atoms with E-state index >= 15 is 0 Å². The van der Waals surface area contributed by atoms with Crippen LogP contribution in [-0.4, -0.2) is 85.0 Å². The molecule has 0 aromatic heterocycles. The van der Waals surface area contributed by atoms with E-state index in [-0.39, 0.29) is 19.1 Å². The zero-order valence-corrected chi connectivity index (χ0v) is 24.1. The first-order valence-electron chi connectivity index (χ1n) is 14.1. The molecule has 4 unspecified atom stereocenters. The minimum Gasteiger partial charge on any atom is -0.497 e. The van der Waals surface area contributed by atoms with Gasteiger partial charge in [0.15, 0.2) is 23.2 Å². The summed E-state index contributed by atoms with van der Waals surface area (Å²) in [5.41, 5.74) is -1.05. The van der Waals surface area contributed by atoms with Gasteiger partial charge >= 0.3 is 11.9 Å². The van der Waals surface area contributed by atoms with E-state index in [1.807, 2.05) is 18.2 Å². The maximum absolute atomic E-state index is 13.8. The summed E-state index contributed by atoms with van der Waals surface area (Å²) in [6.45, 7) is 5.83. The van der Waals surface area contributed by atoms with E-state index in [0.717, 1.165) is 49.9 Å². The summed E-state index contributed by atoms with van der Waals surface area (Å²) in [4.78, 5) is 28.5. The molecule has 222 valence electrons. The Labute approximate surface area is 236 Å². The number of methoxy groups -OCH3 is 2. The fraction of sp³-hybridized carbons (Fsp3) is 0.667. The van der Waals surface area contributed by atoms with Crippen LogP contribution in [0.25, 0.3) is 0 Å². The lowest BCUT2D eigenvalue weighted by Crippen LogP contribution is -2.46. The van der Waals surface area contributed by atoms with Gasteiger partial charge in [-0.25, -0.2) is 4.79 Å². The van der Waals surface area contributed by atoms with Crippen molar-refractivity contribution in [1.29, 1.82) is 0 Å². The quantitative estimate of drug-likeness (QED) is 0.434. The van der Waals surface area contributed by atoms with Gasteiger partial charge in [0.1, 0.15) is 5.76 Å². The molecule has 3 aliphatic rings. The molecule has 0 amide bonds. The summed E-state index contributed by atoms with van der Waals surface area (Å²) in [6, 6.07) is 3.98. The summed E-state index contributed by atoms with van der Waals surface area (Å²) in [5.74, 6) is -0.120. The van der Waals surface area contributed by atoms with Crippen LogP contribution >= 0.6 is 0 Å². The van der Waals surface area contributed by atoms with Crippen molar-refractivity contribution in [3.05, 3.63) is 35.1 Å². The molecule has 0 saturated carbocycles. The molecule has 0 aliphatic carbocycles. The van der Waals surface area contributed by atoms with E-state index in [9.17, 15) is 19.8 Å². The molecule has 1 aromatic carbocycles. The standard InChI is InChI=1S/C30H43NO9/c1-29(2,34)11-8-12-30(35,17-26(32)37-4)28(33)40-27-22-18-31(13-7-5-6-9-23(27)36-3)14-10-20-15-24-25(16-21(20)22)39-19-38-24/h9,15-16,22,27,34-35H,5-8,10-14,17-19H2,1-4H3. The topological polar surface area (TPSA) is 124 Å². The van der Waals surface area contributed by atoms with Crippen LogP contribution in [-0.2, 0) is 30.2 Å². The van der Waals surface area contributed by atoms with Crippen LogP contribution in [0, 0.1) is 0 Å². The third-order valence-electron chi connectivity index (χ3n) is 8.00. The van der Waals surface area contributed by atoms with Crippen molar-refractivity contribution in [2.75, 3.05) is 40.6 Å². The number of fused-ring (bicyclic) bond motifs is 5. The smallest absolute Gasteiger partial charge is 0.339 e. The highest BCUT2D eigenvalue weighted by Crippen LogP contribution is 2.42. The average molecular weight is 562 g/mol. The van der Waals surface area contributed by atoms with Crippen molar-refractivity contribution in [3.8, 4) is 11.5 Å². The second kappa shape index (κ2) is 12.8. The van der Waals surface area contributed by atoms with Crippen molar-refractivity contribution >= 4 is 11.9 Å². The number of carbonyl (C=O) groups is 2. The second-order valence-electron chi connectivity index (χ2n) is 11.6. The van der Waals surface area contributed by atoms with Gasteiger partial charge in [-0.2, -0.15) is 0 Å². The first-order valence-corrected chi connectivity index (χ1v) is 14.1. The molecule has 2 bridgehead atoms. The van der Waals surface area contributed by atoms with Crippen LogP contribution in [0.15, 0.2) is 24.0 Å². The van der Waals surface area contributed by atoms with Gasteiger partial charge in [0.2, 0.25) is 6.79 Å². The first kappa shape index (κ1) is 30.1. The Morgan fingerprint density at radius 1 is 1.07 bits per heavy atom. The minimum absolute atomic E-state index is 0.0737. The molecule has 10 nitrogen and oxygen atoms in total. The van der Waals surface area contributed by atoms with Gasteiger partial charge in [0.25, 0.3) is 0 Å². The van der Waals surface area contributed by atoms with Crippen LogP contribution in [0.4, 0.5) is 0 Å². The van der Waals surface area contributed by atoms with Crippen LogP contribution in [0.3, 0.4) is 0 Å².